The van der Waals surface area contributed by atoms with Crippen LogP contribution in [0.1, 0.15) is 5.56 Å². The second-order valence-corrected chi connectivity index (χ2v) is 5.07. The topological polar surface area (TPSA) is 57.3 Å². The summed E-state index contributed by atoms with van der Waals surface area (Å²) in [4.78, 5) is 11.8. The largest absolute Gasteiger partial charge is 0.492 e. The first-order chi connectivity index (χ1) is 11.1. The lowest BCUT2D eigenvalue weighted by atomic mass is 10.2. The summed E-state index contributed by atoms with van der Waals surface area (Å²) >= 11 is 0. The summed E-state index contributed by atoms with van der Waals surface area (Å²) < 4.78 is 24.8. The lowest BCUT2D eigenvalue weighted by molar-refractivity contribution is 0.285. The number of aryl methyl sites for hydroxylation is 1. The van der Waals surface area contributed by atoms with Gasteiger partial charge in [-0.25, -0.2) is 9.18 Å². The van der Waals surface area contributed by atoms with Crippen molar-refractivity contribution >= 4 is 0 Å². The van der Waals surface area contributed by atoms with Crippen LogP contribution in [0.5, 0.6) is 5.75 Å². The first-order valence-electron chi connectivity index (χ1n) is 7.15. The zero-order chi connectivity index (χ0) is 16.2. The molecule has 0 aliphatic carbocycles. The Morgan fingerprint density at radius 2 is 2.00 bits per heavy atom. The van der Waals surface area contributed by atoms with Gasteiger partial charge in [0.25, 0.3) is 0 Å². The summed E-state index contributed by atoms with van der Waals surface area (Å²) in [5.74, 6) is -0.0369. The molecule has 0 N–H and O–H groups in total. The molecule has 0 spiro atoms. The maximum atomic E-state index is 12.9. The van der Waals surface area contributed by atoms with Gasteiger partial charge in [0, 0.05) is 5.56 Å². The average molecular weight is 314 g/mol. The fraction of sp³-hybridized carbons (Fsp3) is 0.176. The summed E-state index contributed by atoms with van der Waals surface area (Å²) in [5.41, 5.74) is 1.64. The molecule has 0 aliphatic rings. The Bertz CT molecular complexity index is 853. The van der Waals surface area contributed by atoms with Crippen molar-refractivity contribution in [3.05, 3.63) is 70.5 Å². The van der Waals surface area contributed by atoms with Gasteiger partial charge in [-0.1, -0.05) is 12.1 Å². The number of rotatable bonds is 5. The van der Waals surface area contributed by atoms with Crippen LogP contribution in [-0.4, -0.2) is 16.4 Å². The van der Waals surface area contributed by atoms with Crippen LogP contribution in [0.2, 0.25) is 0 Å². The highest BCUT2D eigenvalue weighted by Crippen LogP contribution is 2.16. The van der Waals surface area contributed by atoms with Crippen molar-refractivity contribution in [2.45, 2.75) is 13.5 Å². The standard InChI is InChI=1S/C17H15FN2O3/c1-12-3-2-4-15(11-12)22-10-9-20-17(21)23-16(19-20)13-5-7-14(18)8-6-13/h2-8,11H,9-10H2,1H3. The van der Waals surface area contributed by atoms with Crippen molar-refractivity contribution in [2.24, 2.45) is 0 Å². The molecule has 5 nitrogen and oxygen atoms in total. The lowest BCUT2D eigenvalue weighted by Gasteiger charge is -2.05. The molecule has 0 radical (unpaired) electrons. The van der Waals surface area contributed by atoms with Crippen molar-refractivity contribution in [3.63, 3.8) is 0 Å². The van der Waals surface area contributed by atoms with E-state index in [1.807, 2.05) is 31.2 Å². The molecule has 0 saturated heterocycles. The molecule has 0 aliphatic heterocycles. The number of halogens is 1. The van der Waals surface area contributed by atoms with Crippen molar-refractivity contribution in [1.82, 2.24) is 9.78 Å². The lowest BCUT2D eigenvalue weighted by Crippen LogP contribution is -2.20. The van der Waals surface area contributed by atoms with Gasteiger partial charge in [-0.3, -0.25) is 0 Å². The van der Waals surface area contributed by atoms with Crippen molar-refractivity contribution < 1.29 is 13.5 Å². The van der Waals surface area contributed by atoms with E-state index in [1.54, 1.807) is 0 Å². The van der Waals surface area contributed by atoms with Gasteiger partial charge < -0.3 is 9.15 Å². The van der Waals surface area contributed by atoms with Gasteiger partial charge in [0.15, 0.2) is 0 Å². The predicted octanol–water partition coefficient (Wildman–Crippen LogP) is 3.03. The second kappa shape index (κ2) is 6.48. The van der Waals surface area contributed by atoms with Crippen LogP contribution >= 0.6 is 0 Å². The van der Waals surface area contributed by atoms with Gasteiger partial charge in [0.05, 0.1) is 6.54 Å². The molecule has 0 amide bonds. The third-order valence-electron chi connectivity index (χ3n) is 3.26. The van der Waals surface area contributed by atoms with Crippen LogP contribution in [0.4, 0.5) is 4.39 Å². The highest BCUT2D eigenvalue weighted by molar-refractivity contribution is 5.51. The Hall–Kier alpha value is -2.89. The highest BCUT2D eigenvalue weighted by atomic mass is 19.1. The van der Waals surface area contributed by atoms with E-state index in [0.29, 0.717) is 12.2 Å². The van der Waals surface area contributed by atoms with Crippen LogP contribution in [0, 0.1) is 12.7 Å². The Kier molecular flexibility index (Phi) is 4.23. The van der Waals surface area contributed by atoms with Crippen molar-refractivity contribution in [2.75, 3.05) is 6.61 Å². The maximum Gasteiger partial charge on any atom is 0.437 e. The molecule has 118 valence electrons. The van der Waals surface area contributed by atoms with E-state index in [-0.39, 0.29) is 18.3 Å². The predicted molar refractivity (Wildman–Crippen MR) is 82.8 cm³/mol. The van der Waals surface area contributed by atoms with Crippen LogP contribution in [-0.2, 0) is 6.54 Å². The molecule has 2 aromatic carbocycles. The van der Waals surface area contributed by atoms with E-state index in [2.05, 4.69) is 5.10 Å². The van der Waals surface area contributed by atoms with Crippen LogP contribution in [0.3, 0.4) is 0 Å². The smallest absolute Gasteiger partial charge is 0.437 e. The van der Waals surface area contributed by atoms with Crippen molar-refractivity contribution in [1.29, 1.82) is 0 Å². The normalized spacial score (nSPS) is 10.7. The quantitative estimate of drug-likeness (QED) is 0.726. The Balaban J connectivity index is 1.67. The van der Waals surface area contributed by atoms with Gasteiger partial charge in [-0.2, -0.15) is 4.68 Å². The minimum atomic E-state index is -0.572. The minimum Gasteiger partial charge on any atom is -0.492 e. The molecule has 3 aromatic rings. The van der Waals surface area contributed by atoms with Crippen molar-refractivity contribution in [3.8, 4) is 17.2 Å². The third kappa shape index (κ3) is 3.66. The third-order valence-corrected chi connectivity index (χ3v) is 3.26. The molecule has 23 heavy (non-hydrogen) atoms. The van der Waals surface area contributed by atoms with Crippen LogP contribution in [0.25, 0.3) is 11.5 Å². The number of nitrogens with zero attached hydrogens (tertiary/aromatic N) is 2. The summed E-state index contributed by atoms with van der Waals surface area (Å²) in [7, 11) is 0. The Labute approximate surface area is 131 Å². The molecular formula is C17H15FN2O3. The Morgan fingerprint density at radius 1 is 1.22 bits per heavy atom. The molecule has 0 unspecified atom stereocenters. The van der Waals surface area contributed by atoms with E-state index < -0.39 is 5.76 Å². The van der Waals surface area contributed by atoms with Gasteiger partial charge >= 0.3 is 5.76 Å². The molecule has 3 rings (SSSR count). The zero-order valence-corrected chi connectivity index (χ0v) is 12.5. The average Bonchev–Trinajstić information content (AvgIpc) is 2.89. The fourth-order valence-electron chi connectivity index (χ4n) is 2.11. The van der Waals surface area contributed by atoms with E-state index in [9.17, 15) is 9.18 Å². The molecule has 1 heterocycles. The molecule has 0 fully saturated rings. The number of hydrogen-bond acceptors (Lipinski definition) is 4. The second-order valence-electron chi connectivity index (χ2n) is 5.07. The molecule has 0 bridgehead atoms. The first-order valence-corrected chi connectivity index (χ1v) is 7.15. The summed E-state index contributed by atoms with van der Waals surface area (Å²) in [5, 5.41) is 4.09. The molecule has 0 atom stereocenters. The summed E-state index contributed by atoms with van der Waals surface area (Å²) in [6.45, 7) is 2.53. The van der Waals surface area contributed by atoms with Crippen LogP contribution in [0.15, 0.2) is 57.7 Å². The van der Waals surface area contributed by atoms with Gasteiger partial charge in [0.2, 0.25) is 5.89 Å². The summed E-state index contributed by atoms with van der Waals surface area (Å²) in [6.07, 6.45) is 0. The van der Waals surface area contributed by atoms with E-state index in [1.165, 1.54) is 28.9 Å². The SMILES string of the molecule is Cc1cccc(OCCn2nc(-c3ccc(F)cc3)oc2=O)c1. The van der Waals surface area contributed by atoms with E-state index >= 15 is 0 Å². The first kappa shape index (κ1) is 15.0. The van der Waals surface area contributed by atoms with Gasteiger partial charge in [0.1, 0.15) is 18.2 Å². The number of aromatic nitrogens is 2. The minimum absolute atomic E-state index is 0.158. The maximum absolute atomic E-state index is 12.9. The molecule has 6 heteroatoms. The number of hydrogen-bond donors (Lipinski definition) is 0. The fourth-order valence-corrected chi connectivity index (χ4v) is 2.11. The van der Waals surface area contributed by atoms with E-state index in [0.717, 1.165) is 11.3 Å². The van der Waals surface area contributed by atoms with Gasteiger partial charge in [-0.05, 0) is 48.9 Å². The monoisotopic (exact) mass is 314 g/mol. The molecular weight excluding hydrogens is 299 g/mol. The Morgan fingerprint density at radius 3 is 2.74 bits per heavy atom. The number of ether oxygens (including phenoxy) is 1. The molecule has 0 saturated carbocycles. The zero-order valence-electron chi connectivity index (χ0n) is 12.5. The van der Waals surface area contributed by atoms with E-state index in [4.69, 9.17) is 9.15 Å². The summed E-state index contributed by atoms with van der Waals surface area (Å²) in [6, 6.07) is 13.2. The van der Waals surface area contributed by atoms with Gasteiger partial charge in [-0.15, -0.1) is 5.10 Å². The highest BCUT2D eigenvalue weighted by Gasteiger charge is 2.10. The number of benzene rings is 2. The molecule has 1 aromatic heterocycles. The van der Waals surface area contributed by atoms with Crippen LogP contribution < -0.4 is 10.5 Å².